The fourth-order valence-corrected chi connectivity index (χ4v) is 1.39. The summed E-state index contributed by atoms with van der Waals surface area (Å²) in [6.45, 7) is 3.06. The molecular formula is C13H19NO. The largest absolute Gasteiger partial charge is 0.496 e. The van der Waals surface area contributed by atoms with Crippen LogP contribution in [0.25, 0.3) is 6.08 Å². The maximum absolute atomic E-state index is 5.27. The van der Waals surface area contributed by atoms with Gasteiger partial charge in [0.25, 0.3) is 0 Å². The van der Waals surface area contributed by atoms with Gasteiger partial charge in [-0.2, -0.15) is 0 Å². The van der Waals surface area contributed by atoms with E-state index in [2.05, 4.69) is 35.7 Å². The Labute approximate surface area is 92.0 Å². The van der Waals surface area contributed by atoms with E-state index in [1.54, 1.807) is 7.11 Å². The highest BCUT2D eigenvalue weighted by molar-refractivity contribution is 5.53. The van der Waals surface area contributed by atoms with Crippen LogP contribution in [0, 0.1) is 6.92 Å². The fourth-order valence-electron chi connectivity index (χ4n) is 1.39. The van der Waals surface area contributed by atoms with Gasteiger partial charge in [-0.15, -0.1) is 0 Å². The lowest BCUT2D eigenvalue weighted by Crippen LogP contribution is -2.05. The van der Waals surface area contributed by atoms with Crippen LogP contribution in [-0.4, -0.2) is 20.7 Å². The molecule has 2 heteroatoms. The topological polar surface area (TPSA) is 21.3 Å². The van der Waals surface area contributed by atoms with E-state index in [1.807, 2.05) is 14.0 Å². The molecular weight excluding hydrogens is 186 g/mol. The van der Waals surface area contributed by atoms with Gasteiger partial charge in [-0.3, -0.25) is 0 Å². The summed E-state index contributed by atoms with van der Waals surface area (Å²) in [5, 5.41) is 3.11. The second-order valence-electron chi connectivity index (χ2n) is 3.52. The third kappa shape index (κ3) is 3.76. The SMILES string of the molecule is CNCCC=Cc1ccc(C)c(OC)c1. The number of hydrogen-bond donors (Lipinski definition) is 1. The number of hydrogen-bond acceptors (Lipinski definition) is 2. The molecule has 1 rings (SSSR count). The summed E-state index contributed by atoms with van der Waals surface area (Å²) in [5.74, 6) is 0.950. The molecule has 0 aliphatic rings. The summed E-state index contributed by atoms with van der Waals surface area (Å²) in [7, 11) is 3.67. The Morgan fingerprint density at radius 3 is 2.87 bits per heavy atom. The van der Waals surface area contributed by atoms with Crippen LogP contribution in [0.4, 0.5) is 0 Å². The van der Waals surface area contributed by atoms with E-state index < -0.39 is 0 Å². The van der Waals surface area contributed by atoms with Crippen LogP contribution < -0.4 is 10.1 Å². The van der Waals surface area contributed by atoms with E-state index >= 15 is 0 Å². The molecule has 1 aromatic rings. The molecule has 0 fully saturated rings. The van der Waals surface area contributed by atoms with Gasteiger partial charge in [0.2, 0.25) is 0 Å². The van der Waals surface area contributed by atoms with Gasteiger partial charge in [-0.1, -0.05) is 24.3 Å². The zero-order chi connectivity index (χ0) is 11.1. The van der Waals surface area contributed by atoms with Gasteiger partial charge in [0, 0.05) is 0 Å². The Hall–Kier alpha value is -1.28. The minimum Gasteiger partial charge on any atom is -0.496 e. The Morgan fingerprint density at radius 1 is 1.40 bits per heavy atom. The van der Waals surface area contributed by atoms with Crippen LogP contribution in [0.2, 0.25) is 0 Å². The van der Waals surface area contributed by atoms with E-state index in [4.69, 9.17) is 4.74 Å². The van der Waals surface area contributed by atoms with E-state index in [0.717, 1.165) is 18.7 Å². The van der Waals surface area contributed by atoms with Gasteiger partial charge in [-0.25, -0.2) is 0 Å². The highest BCUT2D eigenvalue weighted by Crippen LogP contribution is 2.19. The summed E-state index contributed by atoms with van der Waals surface area (Å²) in [5.41, 5.74) is 2.36. The average Bonchev–Trinajstić information content (AvgIpc) is 2.26. The molecule has 0 amide bonds. The van der Waals surface area contributed by atoms with Crippen molar-refractivity contribution in [3.05, 3.63) is 35.4 Å². The molecule has 0 aromatic heterocycles. The normalized spacial score (nSPS) is 10.9. The Bertz CT molecular complexity index is 331. The molecule has 0 radical (unpaired) electrons. The van der Waals surface area contributed by atoms with E-state index in [9.17, 15) is 0 Å². The van der Waals surface area contributed by atoms with Gasteiger partial charge in [0.05, 0.1) is 7.11 Å². The first-order chi connectivity index (χ1) is 7.27. The number of ether oxygens (including phenoxy) is 1. The predicted molar refractivity (Wildman–Crippen MR) is 65.3 cm³/mol. The van der Waals surface area contributed by atoms with E-state index in [-0.39, 0.29) is 0 Å². The number of methoxy groups -OCH3 is 1. The first kappa shape index (κ1) is 11.8. The number of benzene rings is 1. The molecule has 82 valence electrons. The maximum atomic E-state index is 5.27. The van der Waals surface area contributed by atoms with Crippen molar-refractivity contribution < 1.29 is 4.74 Å². The number of aryl methyl sites for hydroxylation is 1. The minimum atomic E-state index is 0.950. The molecule has 1 N–H and O–H groups in total. The molecule has 0 unspecified atom stereocenters. The summed E-state index contributed by atoms with van der Waals surface area (Å²) >= 11 is 0. The maximum Gasteiger partial charge on any atom is 0.122 e. The molecule has 0 aliphatic carbocycles. The minimum absolute atomic E-state index is 0.950. The zero-order valence-electron chi connectivity index (χ0n) is 9.71. The monoisotopic (exact) mass is 205 g/mol. The van der Waals surface area contributed by atoms with Crippen molar-refractivity contribution in [1.29, 1.82) is 0 Å². The molecule has 15 heavy (non-hydrogen) atoms. The summed E-state index contributed by atoms with van der Waals surface area (Å²) < 4.78 is 5.27. The predicted octanol–water partition coefficient (Wildman–Crippen LogP) is 2.63. The molecule has 0 bridgehead atoms. The van der Waals surface area contributed by atoms with E-state index in [0.29, 0.717) is 0 Å². The second-order valence-corrected chi connectivity index (χ2v) is 3.52. The van der Waals surface area contributed by atoms with Crippen molar-refractivity contribution in [2.75, 3.05) is 20.7 Å². The van der Waals surface area contributed by atoms with Crippen molar-refractivity contribution in [3.63, 3.8) is 0 Å². The van der Waals surface area contributed by atoms with Crippen LogP contribution in [0.1, 0.15) is 17.5 Å². The van der Waals surface area contributed by atoms with Crippen LogP contribution in [-0.2, 0) is 0 Å². The molecule has 0 spiro atoms. The lowest BCUT2D eigenvalue weighted by molar-refractivity contribution is 0.411. The summed E-state index contributed by atoms with van der Waals surface area (Å²) in [6, 6.07) is 6.25. The molecule has 0 saturated carbocycles. The summed E-state index contributed by atoms with van der Waals surface area (Å²) in [4.78, 5) is 0. The van der Waals surface area contributed by atoms with Gasteiger partial charge >= 0.3 is 0 Å². The van der Waals surface area contributed by atoms with Crippen LogP contribution in [0.5, 0.6) is 5.75 Å². The van der Waals surface area contributed by atoms with Crippen molar-refractivity contribution in [2.45, 2.75) is 13.3 Å². The third-order valence-corrected chi connectivity index (χ3v) is 2.30. The molecule has 1 aromatic carbocycles. The Kier molecular flexibility index (Phi) is 4.91. The lowest BCUT2D eigenvalue weighted by Gasteiger charge is -2.04. The number of rotatable bonds is 5. The highest BCUT2D eigenvalue weighted by atomic mass is 16.5. The first-order valence-corrected chi connectivity index (χ1v) is 5.23. The second kappa shape index (κ2) is 6.25. The molecule has 2 nitrogen and oxygen atoms in total. The molecule has 0 aliphatic heterocycles. The Morgan fingerprint density at radius 2 is 2.20 bits per heavy atom. The van der Waals surface area contributed by atoms with Crippen molar-refractivity contribution >= 4 is 6.08 Å². The van der Waals surface area contributed by atoms with Crippen LogP contribution in [0.15, 0.2) is 24.3 Å². The lowest BCUT2D eigenvalue weighted by atomic mass is 10.1. The number of nitrogens with one attached hydrogen (secondary N) is 1. The van der Waals surface area contributed by atoms with Gasteiger partial charge < -0.3 is 10.1 Å². The average molecular weight is 205 g/mol. The van der Waals surface area contributed by atoms with Gasteiger partial charge in [0.15, 0.2) is 0 Å². The van der Waals surface area contributed by atoms with Crippen LogP contribution >= 0.6 is 0 Å². The third-order valence-electron chi connectivity index (χ3n) is 2.30. The highest BCUT2D eigenvalue weighted by Gasteiger charge is 1.97. The fraction of sp³-hybridized carbons (Fsp3) is 0.385. The standard InChI is InChI=1S/C13H19NO/c1-11-7-8-12(10-13(11)15-3)6-4-5-9-14-2/h4,6-8,10,14H,5,9H2,1-3H3. The molecule has 0 heterocycles. The molecule has 0 saturated heterocycles. The zero-order valence-corrected chi connectivity index (χ0v) is 9.71. The Balaban J connectivity index is 2.65. The van der Waals surface area contributed by atoms with E-state index in [1.165, 1.54) is 11.1 Å². The first-order valence-electron chi connectivity index (χ1n) is 5.23. The quantitative estimate of drug-likeness (QED) is 0.746. The van der Waals surface area contributed by atoms with Crippen molar-refractivity contribution in [1.82, 2.24) is 5.32 Å². The smallest absolute Gasteiger partial charge is 0.122 e. The summed E-state index contributed by atoms with van der Waals surface area (Å²) in [6.07, 6.45) is 5.34. The molecule has 0 atom stereocenters. The van der Waals surface area contributed by atoms with Gasteiger partial charge in [0.1, 0.15) is 5.75 Å². The van der Waals surface area contributed by atoms with Crippen molar-refractivity contribution in [2.24, 2.45) is 0 Å². The van der Waals surface area contributed by atoms with Crippen molar-refractivity contribution in [3.8, 4) is 5.75 Å². The van der Waals surface area contributed by atoms with Crippen LogP contribution in [0.3, 0.4) is 0 Å². The van der Waals surface area contributed by atoms with Gasteiger partial charge in [-0.05, 0) is 44.1 Å².